The third-order valence-electron chi connectivity index (χ3n) is 16.1. The average molecular weight is 2010 g/mol. The van der Waals surface area contributed by atoms with Crippen molar-refractivity contribution in [1.29, 1.82) is 0 Å². The van der Waals surface area contributed by atoms with Gasteiger partial charge in [0.1, 0.15) is 147 Å². The molecule has 6 aromatic rings. The van der Waals surface area contributed by atoms with Crippen molar-refractivity contribution < 1.29 is 211 Å². The number of hydrogen-bond acceptors (Lipinski definition) is 30. The van der Waals surface area contributed by atoms with E-state index < -0.39 is 198 Å². The number of rotatable bonds is 33. The molecule has 30 nitrogen and oxygen atoms in total. The molecule has 6 unspecified atom stereocenters. The van der Waals surface area contributed by atoms with Crippen LogP contribution in [0.15, 0.2) is 146 Å². The average Bonchev–Trinajstić information content (AvgIpc) is 0.820. The first-order valence-electron chi connectivity index (χ1n) is 41.6. The molecule has 139 heavy (non-hydrogen) atoms. The summed E-state index contributed by atoms with van der Waals surface area (Å²) in [5, 5.41) is 63.3. The predicted octanol–water partition coefficient (Wildman–Crippen LogP) is 14.3. The van der Waals surface area contributed by atoms with E-state index >= 15 is 0 Å². The Kier molecular flexibility index (Phi) is 46.0. The lowest BCUT2D eigenvalue weighted by atomic mass is 10.0. The van der Waals surface area contributed by atoms with E-state index in [1.54, 1.807) is 95.2 Å². The van der Waals surface area contributed by atoms with Crippen LogP contribution >= 0.6 is 0 Å². The fraction of sp³-hybridized carbons (Fsp3) is 0.511. The summed E-state index contributed by atoms with van der Waals surface area (Å²) in [5.41, 5.74) is -3.17. The van der Waals surface area contributed by atoms with Crippen LogP contribution in [0.25, 0.3) is 0 Å². The van der Waals surface area contributed by atoms with Gasteiger partial charge in [0, 0.05) is 0 Å². The highest BCUT2D eigenvalue weighted by Crippen LogP contribution is 2.37. The Morgan fingerprint density at radius 2 is 0.432 bits per heavy atom. The van der Waals surface area contributed by atoms with E-state index in [1.165, 1.54) is 175 Å². The smallest absolute Gasteiger partial charge is 0.514 e. The minimum absolute atomic E-state index is 0.00355. The van der Waals surface area contributed by atoms with Gasteiger partial charge in [-0.1, -0.05) is 41.5 Å². The Balaban J connectivity index is 0.000000835. The summed E-state index contributed by atoms with van der Waals surface area (Å²) in [5.74, 6) is -36.6. The molecule has 0 amide bonds. The maximum Gasteiger partial charge on any atom is 0.514 e. The highest BCUT2D eigenvalue weighted by Gasteiger charge is 2.49. The second kappa shape index (κ2) is 51.6. The molecule has 6 rings (SSSR count). The van der Waals surface area contributed by atoms with Crippen molar-refractivity contribution in [3.63, 3.8) is 0 Å². The van der Waals surface area contributed by atoms with Gasteiger partial charge < -0.3 is 126 Å². The predicted molar refractivity (Wildman–Crippen MR) is 451 cm³/mol. The van der Waals surface area contributed by atoms with Crippen molar-refractivity contribution in [2.45, 2.75) is 254 Å². The van der Waals surface area contributed by atoms with E-state index in [0.29, 0.717) is 11.5 Å². The first kappa shape index (κ1) is 124. The first-order chi connectivity index (χ1) is 62.9. The standard InChI is InChI=1S/C17H22F2O6.C17H22F2O5.C16H22F2O4.C15H17F3O6.C15H17F3O5.C14H17F3O4/c1-10(2)13(17(18,19)14(20)21)23-11-6-8-12(9-7-11)24-15(22)25-16(3,4)5;1-10(2)13(17(18,19)15(21)22)23-12-8-6-11(7-9-12)14(20)24-16(3,4)5;1-10(2)13(16(17,18)14(19)20)21-11-6-8-12(9-7-11)22-15(3,4)5;1-14(2,3)24-13(21)23-10-6-4-9(5-7-10)22-8-11(12(19)20)15(16,17)18;1-14(2,3)23-13(21)9-4-6-10(7-5-9)22-8-11(12(19)20)15(16,17)18;1-13(2,3)21-10-6-4-9(5-7-10)20-8-11(12(18)19)14(15,16)17/h6-10,13H,1-5H3,(H,20,21);6-10,13H,1-5H3,(H,21,22);6-10,13H,1-5H3,(H,19,20);4-7,11H,8H2,1-3H3,(H,19,20);4-7,11H,8H2,1-3H3,(H,19,20);4-7,11H,8H2,1-3H3,(H,18,19)/p-6. The van der Waals surface area contributed by atoms with E-state index in [-0.39, 0.29) is 62.7 Å². The Morgan fingerprint density at radius 1 is 0.252 bits per heavy atom. The molecule has 0 spiro atoms. The summed E-state index contributed by atoms with van der Waals surface area (Å²) in [7, 11) is 0. The van der Waals surface area contributed by atoms with Gasteiger partial charge in [-0.2, -0.15) is 65.9 Å². The number of halogens is 15. The number of aliphatic carboxylic acids is 6. The number of hydrogen-bond donors (Lipinski definition) is 0. The molecule has 6 aromatic carbocycles. The zero-order chi connectivity index (χ0) is 108. The van der Waals surface area contributed by atoms with Gasteiger partial charge in [-0.15, -0.1) is 0 Å². The maximum atomic E-state index is 13.7. The van der Waals surface area contributed by atoms with Crippen molar-refractivity contribution >= 4 is 60.1 Å². The Bertz CT molecular complexity index is 4890. The van der Waals surface area contributed by atoms with E-state index in [0.717, 1.165) is 0 Å². The van der Waals surface area contributed by atoms with Crippen LogP contribution in [0.4, 0.5) is 75.4 Å². The van der Waals surface area contributed by atoms with Crippen molar-refractivity contribution in [2.24, 2.45) is 35.5 Å². The molecule has 0 bridgehead atoms. The Hall–Kier alpha value is -13.0. The number of carbonyl (C=O) groups excluding carboxylic acids is 10. The van der Waals surface area contributed by atoms with Crippen LogP contribution in [-0.2, 0) is 47.7 Å². The molecule has 0 saturated heterocycles. The molecule has 778 valence electrons. The molecule has 0 heterocycles. The summed E-state index contributed by atoms with van der Waals surface area (Å²) < 4.78 is 265. The van der Waals surface area contributed by atoms with Gasteiger partial charge in [0.25, 0.3) is 0 Å². The topological polar surface area (TPSA) is 438 Å². The van der Waals surface area contributed by atoms with Gasteiger partial charge in [0.05, 0.1) is 29.0 Å². The third-order valence-corrected chi connectivity index (χ3v) is 16.1. The van der Waals surface area contributed by atoms with Gasteiger partial charge >= 0.3 is 60.5 Å². The summed E-state index contributed by atoms with van der Waals surface area (Å²) in [4.78, 5) is 110. The van der Waals surface area contributed by atoms with Crippen LogP contribution in [0.1, 0.15) is 187 Å². The summed E-state index contributed by atoms with van der Waals surface area (Å²) in [6.07, 6.45) is -22.3. The molecule has 45 heteroatoms. The fourth-order valence-corrected chi connectivity index (χ4v) is 9.95. The Morgan fingerprint density at radius 3 is 0.604 bits per heavy atom. The molecular weight excluding hydrogens is 1890 g/mol. The number of carbonyl (C=O) groups is 10. The lowest BCUT2D eigenvalue weighted by molar-refractivity contribution is -0.337. The number of carboxylic acids is 6. The number of benzene rings is 6. The molecular formula is C94H111F15O30-6. The molecule has 0 aliphatic carbocycles. The molecule has 0 radical (unpaired) electrons. The largest absolute Gasteiger partial charge is 0.549 e. The molecule has 6 atom stereocenters. The normalized spacial score (nSPS) is 13.4. The van der Waals surface area contributed by atoms with E-state index in [1.807, 2.05) is 41.5 Å². The maximum absolute atomic E-state index is 13.7. The van der Waals surface area contributed by atoms with Gasteiger partial charge in [0.15, 0.2) is 18.3 Å². The van der Waals surface area contributed by atoms with Crippen LogP contribution in [0.5, 0.6) is 57.5 Å². The van der Waals surface area contributed by atoms with Gasteiger partial charge in [-0.25, -0.2) is 19.2 Å². The number of esters is 2. The first-order valence-corrected chi connectivity index (χ1v) is 41.6. The lowest BCUT2D eigenvalue weighted by Crippen LogP contribution is -2.54. The van der Waals surface area contributed by atoms with Crippen LogP contribution in [0, 0.1) is 35.5 Å². The molecule has 0 aliphatic rings. The number of alkyl halides is 15. The SMILES string of the molecule is CC(C)(C)OC(=O)Oc1ccc(OCC(C(=O)[O-])C(F)(F)F)cc1.CC(C)(C)OC(=O)c1ccc(OCC(C(=O)[O-])C(F)(F)F)cc1.CC(C)(C)Oc1ccc(OCC(C(=O)[O-])C(F)(F)F)cc1.CC(C)C(Oc1ccc(C(=O)OC(C)(C)C)cc1)C(F)(F)C(=O)[O-].CC(C)C(Oc1ccc(OC(=O)OC(C)(C)C)cc1)C(F)(F)C(=O)[O-].CC(C)C(Oc1ccc(OC(C)(C)C)cc1)C(F)(F)C(=O)[O-]. The number of ether oxygens (including phenoxy) is 14. The van der Waals surface area contributed by atoms with E-state index in [2.05, 4.69) is 0 Å². The minimum Gasteiger partial charge on any atom is -0.549 e. The lowest BCUT2D eigenvalue weighted by Gasteiger charge is -2.31. The quantitative estimate of drug-likeness (QED) is 0.0160. The van der Waals surface area contributed by atoms with Crippen LogP contribution in [0.3, 0.4) is 0 Å². The fourth-order valence-electron chi connectivity index (χ4n) is 9.95. The highest BCUT2D eigenvalue weighted by molar-refractivity contribution is 5.90. The Labute approximate surface area is 791 Å². The van der Waals surface area contributed by atoms with Crippen LogP contribution < -0.4 is 78.0 Å². The van der Waals surface area contributed by atoms with E-state index in [4.69, 9.17) is 66.3 Å². The summed E-state index contributed by atoms with van der Waals surface area (Å²) in [6, 6.07) is 32.6. The van der Waals surface area contributed by atoms with Crippen LogP contribution in [-0.4, -0.2) is 168 Å². The molecule has 0 saturated carbocycles. The van der Waals surface area contributed by atoms with E-state index in [9.17, 15) is 144 Å². The highest BCUT2D eigenvalue weighted by atomic mass is 19.4. The van der Waals surface area contributed by atoms with Crippen molar-refractivity contribution in [1.82, 2.24) is 0 Å². The van der Waals surface area contributed by atoms with Crippen molar-refractivity contribution in [3.05, 3.63) is 157 Å². The number of carboxylic acid groups (broad SMARTS) is 6. The van der Waals surface area contributed by atoms with Crippen molar-refractivity contribution in [2.75, 3.05) is 19.8 Å². The van der Waals surface area contributed by atoms with Gasteiger partial charge in [-0.3, -0.25) is 0 Å². The molecule has 0 fully saturated rings. The monoisotopic (exact) mass is 2000 g/mol. The zero-order valence-corrected chi connectivity index (χ0v) is 80.1. The minimum atomic E-state index is -4.97. The van der Waals surface area contributed by atoms with Gasteiger partial charge in [-0.05, 0) is 288 Å². The molecule has 0 aliphatic heterocycles. The van der Waals surface area contributed by atoms with Gasteiger partial charge in [0.2, 0.25) is 0 Å². The second-order valence-electron chi connectivity index (χ2n) is 36.8. The summed E-state index contributed by atoms with van der Waals surface area (Å²) >= 11 is 0. The summed E-state index contributed by atoms with van der Waals surface area (Å²) in [6.45, 7) is 36.7. The van der Waals surface area contributed by atoms with Crippen LogP contribution in [0.2, 0.25) is 0 Å². The molecule has 0 aromatic heterocycles. The molecule has 0 N–H and O–H groups in total. The third kappa shape index (κ3) is 48.2. The van der Waals surface area contributed by atoms with Crippen molar-refractivity contribution in [3.8, 4) is 57.5 Å². The zero-order valence-electron chi connectivity index (χ0n) is 80.1. The second-order valence-corrected chi connectivity index (χ2v) is 36.8.